The molecule has 0 spiro atoms. The van der Waals surface area contributed by atoms with Gasteiger partial charge in [0.25, 0.3) is 0 Å². The number of rotatable bonds is 7. The van der Waals surface area contributed by atoms with Gasteiger partial charge in [-0.05, 0) is 24.6 Å². The van der Waals surface area contributed by atoms with Gasteiger partial charge in [-0.25, -0.2) is 4.98 Å². The van der Waals surface area contributed by atoms with E-state index in [1.54, 1.807) is 4.90 Å². The first kappa shape index (κ1) is 18.4. The third-order valence-corrected chi connectivity index (χ3v) is 5.21. The number of hydrogen-bond acceptors (Lipinski definition) is 6. The summed E-state index contributed by atoms with van der Waals surface area (Å²) in [7, 11) is 0. The second-order valence-corrected chi connectivity index (χ2v) is 7.16. The molecule has 1 aliphatic heterocycles. The molecular weight excluding hydrogens is 376 g/mol. The average molecular weight is 396 g/mol. The van der Waals surface area contributed by atoms with Gasteiger partial charge in [-0.1, -0.05) is 48.2 Å². The monoisotopic (exact) mass is 396 g/mol. The standard InChI is InChI=1S/C20H20N4O3S/c1-2-24(11-14-8-9-16-17(10-14)27-13-26-16)18(25)12-28-20-21-19(22-23-20)15-6-4-3-5-7-15/h3-10H,2,11-13H2,1H3,(H,21,22,23). The van der Waals surface area contributed by atoms with Crippen LogP contribution in [0, 0.1) is 0 Å². The number of thioether (sulfide) groups is 1. The first-order valence-corrected chi connectivity index (χ1v) is 9.98. The third kappa shape index (κ3) is 4.12. The number of aromatic nitrogens is 3. The summed E-state index contributed by atoms with van der Waals surface area (Å²) in [5.41, 5.74) is 1.97. The second kappa shape index (κ2) is 8.35. The van der Waals surface area contributed by atoms with Gasteiger partial charge in [0.05, 0.1) is 5.75 Å². The molecule has 2 aromatic carbocycles. The van der Waals surface area contributed by atoms with Crippen LogP contribution < -0.4 is 9.47 Å². The van der Waals surface area contributed by atoms with Crippen LogP contribution in [0.3, 0.4) is 0 Å². The topological polar surface area (TPSA) is 80.3 Å². The van der Waals surface area contributed by atoms with Gasteiger partial charge in [0, 0.05) is 18.7 Å². The van der Waals surface area contributed by atoms with Crippen LogP contribution in [0.5, 0.6) is 11.5 Å². The Bertz CT molecular complexity index is 961. The number of aromatic amines is 1. The lowest BCUT2D eigenvalue weighted by atomic mass is 10.2. The molecule has 1 aromatic heterocycles. The minimum atomic E-state index is 0.0382. The molecule has 7 nitrogen and oxygen atoms in total. The molecule has 1 amide bonds. The van der Waals surface area contributed by atoms with Crippen molar-refractivity contribution in [3.05, 3.63) is 54.1 Å². The molecule has 0 radical (unpaired) electrons. The zero-order valence-corrected chi connectivity index (χ0v) is 16.2. The lowest BCUT2D eigenvalue weighted by Crippen LogP contribution is -2.31. The maximum Gasteiger partial charge on any atom is 0.233 e. The number of nitrogens with zero attached hydrogens (tertiary/aromatic N) is 3. The third-order valence-electron chi connectivity index (χ3n) is 4.38. The Morgan fingerprint density at radius 1 is 1.18 bits per heavy atom. The predicted molar refractivity (Wildman–Crippen MR) is 106 cm³/mol. The Morgan fingerprint density at radius 2 is 2.00 bits per heavy atom. The highest BCUT2D eigenvalue weighted by Crippen LogP contribution is 2.32. The van der Waals surface area contributed by atoms with Crippen LogP contribution in [0.4, 0.5) is 0 Å². The van der Waals surface area contributed by atoms with Crippen molar-refractivity contribution in [3.63, 3.8) is 0 Å². The van der Waals surface area contributed by atoms with E-state index >= 15 is 0 Å². The number of amides is 1. The van der Waals surface area contributed by atoms with Crippen LogP contribution in [-0.4, -0.2) is 45.1 Å². The molecule has 144 valence electrons. The molecular formula is C20H20N4O3S. The van der Waals surface area contributed by atoms with Crippen molar-refractivity contribution >= 4 is 17.7 Å². The highest BCUT2D eigenvalue weighted by Gasteiger charge is 2.17. The predicted octanol–water partition coefficient (Wildman–Crippen LogP) is 3.34. The van der Waals surface area contributed by atoms with Gasteiger partial charge in [0.15, 0.2) is 17.3 Å². The molecule has 0 fully saturated rings. The summed E-state index contributed by atoms with van der Waals surface area (Å²) >= 11 is 1.33. The number of fused-ring (bicyclic) bond motifs is 1. The number of benzene rings is 2. The van der Waals surface area contributed by atoms with E-state index in [1.165, 1.54) is 11.8 Å². The summed E-state index contributed by atoms with van der Waals surface area (Å²) in [5, 5.41) is 7.68. The van der Waals surface area contributed by atoms with E-state index in [1.807, 2.05) is 55.5 Å². The number of carbonyl (C=O) groups excluding carboxylic acids is 1. The summed E-state index contributed by atoms with van der Waals surface area (Å²) in [5.74, 6) is 2.49. The zero-order valence-electron chi connectivity index (χ0n) is 15.4. The number of H-pyrrole nitrogens is 1. The average Bonchev–Trinajstić information content (AvgIpc) is 3.40. The Balaban J connectivity index is 1.35. The normalized spacial score (nSPS) is 12.2. The van der Waals surface area contributed by atoms with E-state index in [-0.39, 0.29) is 18.5 Å². The van der Waals surface area contributed by atoms with Crippen molar-refractivity contribution < 1.29 is 14.3 Å². The van der Waals surface area contributed by atoms with Gasteiger partial charge >= 0.3 is 0 Å². The lowest BCUT2D eigenvalue weighted by molar-refractivity contribution is -0.128. The fourth-order valence-corrected chi connectivity index (χ4v) is 3.59. The van der Waals surface area contributed by atoms with Crippen LogP contribution >= 0.6 is 11.8 Å². The van der Waals surface area contributed by atoms with E-state index in [9.17, 15) is 4.79 Å². The van der Waals surface area contributed by atoms with Crippen LogP contribution in [0.1, 0.15) is 12.5 Å². The molecule has 0 bridgehead atoms. The number of carbonyl (C=O) groups is 1. The Hall–Kier alpha value is -3.00. The van der Waals surface area contributed by atoms with Gasteiger partial charge in [0.2, 0.25) is 17.9 Å². The largest absolute Gasteiger partial charge is 0.454 e. The van der Waals surface area contributed by atoms with E-state index in [2.05, 4.69) is 15.2 Å². The summed E-state index contributed by atoms with van der Waals surface area (Å²) in [6.07, 6.45) is 0. The number of ether oxygens (including phenoxy) is 2. The van der Waals surface area contributed by atoms with Gasteiger partial charge in [-0.2, -0.15) is 0 Å². The zero-order chi connectivity index (χ0) is 19.3. The Labute approximate surface area is 167 Å². The second-order valence-electron chi connectivity index (χ2n) is 6.22. The molecule has 4 rings (SSSR count). The molecule has 2 heterocycles. The summed E-state index contributed by atoms with van der Waals surface area (Å²) in [6, 6.07) is 15.5. The molecule has 0 atom stereocenters. The Morgan fingerprint density at radius 3 is 2.82 bits per heavy atom. The molecule has 0 aliphatic carbocycles. The van der Waals surface area contributed by atoms with Gasteiger partial charge in [-0.15, -0.1) is 5.10 Å². The van der Waals surface area contributed by atoms with Crippen LogP contribution in [0.25, 0.3) is 11.4 Å². The molecule has 28 heavy (non-hydrogen) atoms. The molecule has 0 unspecified atom stereocenters. The molecule has 1 N–H and O–H groups in total. The van der Waals surface area contributed by atoms with Gasteiger partial charge in [-0.3, -0.25) is 9.89 Å². The molecule has 1 aliphatic rings. The van der Waals surface area contributed by atoms with Crippen molar-refractivity contribution in [2.45, 2.75) is 18.6 Å². The molecule has 0 saturated heterocycles. The van der Waals surface area contributed by atoms with Crippen molar-refractivity contribution in [3.8, 4) is 22.9 Å². The first-order chi connectivity index (χ1) is 13.7. The smallest absolute Gasteiger partial charge is 0.233 e. The molecule has 0 saturated carbocycles. The van der Waals surface area contributed by atoms with Crippen molar-refractivity contribution in [2.24, 2.45) is 0 Å². The van der Waals surface area contributed by atoms with Crippen LogP contribution in [-0.2, 0) is 11.3 Å². The number of hydrogen-bond donors (Lipinski definition) is 1. The molecule has 3 aromatic rings. The Kier molecular flexibility index (Phi) is 5.48. The summed E-state index contributed by atoms with van der Waals surface area (Å²) in [6.45, 7) is 3.36. The van der Waals surface area contributed by atoms with E-state index in [4.69, 9.17) is 9.47 Å². The summed E-state index contributed by atoms with van der Waals surface area (Å²) < 4.78 is 10.7. The first-order valence-electron chi connectivity index (χ1n) is 9.00. The molecule has 8 heteroatoms. The summed E-state index contributed by atoms with van der Waals surface area (Å²) in [4.78, 5) is 18.9. The van der Waals surface area contributed by atoms with Crippen molar-refractivity contribution in [1.29, 1.82) is 0 Å². The SMILES string of the molecule is CCN(Cc1ccc2c(c1)OCO2)C(=O)CSc1n[nH]c(-c2ccccc2)n1. The maximum atomic E-state index is 12.6. The van der Waals surface area contributed by atoms with E-state index in [0.29, 0.717) is 24.1 Å². The van der Waals surface area contributed by atoms with Gasteiger partial charge in [0.1, 0.15) is 0 Å². The highest BCUT2D eigenvalue weighted by molar-refractivity contribution is 7.99. The fraction of sp³-hybridized carbons (Fsp3) is 0.250. The fourth-order valence-electron chi connectivity index (χ4n) is 2.89. The van der Waals surface area contributed by atoms with E-state index < -0.39 is 0 Å². The minimum Gasteiger partial charge on any atom is -0.454 e. The van der Waals surface area contributed by atoms with Crippen LogP contribution in [0.2, 0.25) is 0 Å². The van der Waals surface area contributed by atoms with Crippen molar-refractivity contribution in [1.82, 2.24) is 20.1 Å². The minimum absolute atomic E-state index is 0.0382. The number of nitrogens with one attached hydrogen (secondary N) is 1. The maximum absolute atomic E-state index is 12.6. The van der Waals surface area contributed by atoms with E-state index in [0.717, 1.165) is 22.6 Å². The lowest BCUT2D eigenvalue weighted by Gasteiger charge is -2.20. The van der Waals surface area contributed by atoms with Crippen molar-refractivity contribution in [2.75, 3.05) is 19.1 Å². The highest BCUT2D eigenvalue weighted by atomic mass is 32.2. The van der Waals surface area contributed by atoms with Gasteiger partial charge < -0.3 is 14.4 Å². The quantitative estimate of drug-likeness (QED) is 0.617. The van der Waals surface area contributed by atoms with Crippen LogP contribution in [0.15, 0.2) is 53.7 Å².